The first-order chi connectivity index (χ1) is 8.78. The van der Waals surface area contributed by atoms with Gasteiger partial charge in [0.15, 0.2) is 0 Å². The van der Waals surface area contributed by atoms with Crippen molar-refractivity contribution in [1.29, 1.82) is 0 Å². The molecule has 1 atom stereocenters. The van der Waals surface area contributed by atoms with Gasteiger partial charge in [-0.2, -0.15) is 0 Å². The predicted octanol–water partition coefficient (Wildman–Crippen LogP) is -0.650. The summed E-state index contributed by atoms with van der Waals surface area (Å²) in [5.41, 5.74) is 0. The molecule has 0 spiro atoms. The molecule has 0 radical (unpaired) electrons. The van der Waals surface area contributed by atoms with Crippen molar-refractivity contribution in [3.05, 3.63) is 0 Å². The summed E-state index contributed by atoms with van der Waals surface area (Å²) in [6, 6.07) is 0. The summed E-state index contributed by atoms with van der Waals surface area (Å²) >= 11 is 0. The van der Waals surface area contributed by atoms with Gasteiger partial charge in [-0.15, -0.1) is 0 Å². The van der Waals surface area contributed by atoms with Gasteiger partial charge in [-0.3, -0.25) is 9.69 Å². The summed E-state index contributed by atoms with van der Waals surface area (Å²) < 4.78 is 0. The van der Waals surface area contributed by atoms with Crippen LogP contribution >= 0.6 is 0 Å². The number of rotatable bonds is 5. The SMILES string of the molecule is CCN1CCC(CNC(=O)CN2CCNCC2)C1. The van der Waals surface area contributed by atoms with Gasteiger partial charge in [0.25, 0.3) is 0 Å². The van der Waals surface area contributed by atoms with Crippen LogP contribution in [-0.4, -0.2) is 74.6 Å². The van der Waals surface area contributed by atoms with Gasteiger partial charge >= 0.3 is 0 Å². The molecule has 1 unspecified atom stereocenters. The second-order valence-electron chi connectivity index (χ2n) is 5.38. The molecule has 2 heterocycles. The highest BCUT2D eigenvalue weighted by Gasteiger charge is 2.21. The summed E-state index contributed by atoms with van der Waals surface area (Å²) in [4.78, 5) is 16.5. The number of nitrogens with zero attached hydrogens (tertiary/aromatic N) is 2. The van der Waals surface area contributed by atoms with Crippen LogP contribution in [-0.2, 0) is 4.79 Å². The van der Waals surface area contributed by atoms with Crippen molar-refractivity contribution in [2.45, 2.75) is 13.3 Å². The third kappa shape index (κ3) is 4.23. The molecule has 18 heavy (non-hydrogen) atoms. The Morgan fingerprint density at radius 2 is 2.06 bits per heavy atom. The van der Waals surface area contributed by atoms with E-state index in [1.807, 2.05) is 0 Å². The highest BCUT2D eigenvalue weighted by atomic mass is 16.2. The number of carbonyl (C=O) groups excluding carboxylic acids is 1. The van der Waals surface area contributed by atoms with E-state index in [0.29, 0.717) is 12.5 Å². The minimum atomic E-state index is 0.187. The number of hydrogen-bond acceptors (Lipinski definition) is 4. The van der Waals surface area contributed by atoms with Crippen LogP contribution in [0, 0.1) is 5.92 Å². The molecule has 0 bridgehead atoms. The van der Waals surface area contributed by atoms with Crippen LogP contribution in [0.25, 0.3) is 0 Å². The van der Waals surface area contributed by atoms with Crippen LogP contribution in [0.5, 0.6) is 0 Å². The molecule has 5 heteroatoms. The summed E-state index contributed by atoms with van der Waals surface area (Å²) in [5.74, 6) is 0.837. The molecule has 0 aliphatic carbocycles. The Labute approximate surface area is 110 Å². The zero-order valence-corrected chi connectivity index (χ0v) is 11.5. The fourth-order valence-corrected chi connectivity index (χ4v) is 2.75. The molecular weight excluding hydrogens is 228 g/mol. The van der Waals surface area contributed by atoms with Crippen LogP contribution in [0.4, 0.5) is 0 Å². The number of amides is 1. The fraction of sp³-hybridized carbons (Fsp3) is 0.923. The van der Waals surface area contributed by atoms with Gasteiger partial charge in [0.1, 0.15) is 0 Å². The van der Waals surface area contributed by atoms with E-state index in [-0.39, 0.29) is 5.91 Å². The Hall–Kier alpha value is -0.650. The normalized spacial score (nSPS) is 26.4. The topological polar surface area (TPSA) is 47.6 Å². The quantitative estimate of drug-likeness (QED) is 0.684. The average molecular weight is 254 g/mol. The van der Waals surface area contributed by atoms with Gasteiger partial charge in [0.2, 0.25) is 5.91 Å². The van der Waals surface area contributed by atoms with E-state index in [2.05, 4.69) is 27.4 Å². The molecule has 0 saturated carbocycles. The van der Waals surface area contributed by atoms with Crippen molar-refractivity contribution in [1.82, 2.24) is 20.4 Å². The first kappa shape index (κ1) is 13.8. The molecule has 2 saturated heterocycles. The number of nitrogens with one attached hydrogen (secondary N) is 2. The Balaban J connectivity index is 1.59. The second-order valence-corrected chi connectivity index (χ2v) is 5.38. The monoisotopic (exact) mass is 254 g/mol. The molecule has 2 aliphatic rings. The van der Waals surface area contributed by atoms with Gasteiger partial charge in [-0.05, 0) is 25.4 Å². The summed E-state index contributed by atoms with van der Waals surface area (Å²) in [6.45, 7) is 11.0. The first-order valence-corrected chi connectivity index (χ1v) is 7.20. The van der Waals surface area contributed by atoms with E-state index >= 15 is 0 Å². The summed E-state index contributed by atoms with van der Waals surface area (Å²) in [6.07, 6.45) is 1.22. The standard InChI is InChI=1S/C13H26N4O/c1-2-16-6-3-12(10-16)9-15-13(18)11-17-7-4-14-5-8-17/h12,14H,2-11H2,1H3,(H,15,18). The zero-order chi connectivity index (χ0) is 12.8. The average Bonchev–Trinajstić information content (AvgIpc) is 2.85. The molecule has 0 aromatic heterocycles. The molecule has 0 aromatic rings. The molecule has 2 N–H and O–H groups in total. The number of carbonyl (C=O) groups is 1. The van der Waals surface area contributed by atoms with Crippen LogP contribution in [0.3, 0.4) is 0 Å². The lowest BCUT2D eigenvalue weighted by molar-refractivity contribution is -0.122. The zero-order valence-electron chi connectivity index (χ0n) is 11.5. The van der Waals surface area contributed by atoms with Gasteiger partial charge in [0.05, 0.1) is 6.54 Å². The molecule has 1 amide bonds. The van der Waals surface area contributed by atoms with E-state index in [4.69, 9.17) is 0 Å². The van der Waals surface area contributed by atoms with Crippen molar-refractivity contribution in [3.8, 4) is 0 Å². The molecular formula is C13H26N4O. The third-order valence-corrected chi connectivity index (χ3v) is 3.98. The molecule has 2 aliphatic heterocycles. The van der Waals surface area contributed by atoms with Crippen molar-refractivity contribution >= 4 is 5.91 Å². The summed E-state index contributed by atoms with van der Waals surface area (Å²) in [5, 5.41) is 6.39. The van der Waals surface area contributed by atoms with Crippen molar-refractivity contribution in [2.24, 2.45) is 5.92 Å². The Morgan fingerprint density at radius 3 is 2.72 bits per heavy atom. The third-order valence-electron chi connectivity index (χ3n) is 3.98. The lowest BCUT2D eigenvalue weighted by Gasteiger charge is -2.26. The molecule has 0 aromatic carbocycles. The molecule has 2 rings (SSSR count). The Morgan fingerprint density at radius 1 is 1.28 bits per heavy atom. The number of hydrogen-bond donors (Lipinski definition) is 2. The van der Waals surface area contributed by atoms with Crippen molar-refractivity contribution < 1.29 is 4.79 Å². The van der Waals surface area contributed by atoms with E-state index in [1.54, 1.807) is 0 Å². The fourth-order valence-electron chi connectivity index (χ4n) is 2.75. The smallest absolute Gasteiger partial charge is 0.234 e. The Kier molecular flexibility index (Phi) is 5.41. The van der Waals surface area contributed by atoms with Crippen molar-refractivity contribution in [2.75, 3.05) is 58.9 Å². The van der Waals surface area contributed by atoms with Crippen LogP contribution < -0.4 is 10.6 Å². The van der Waals surface area contributed by atoms with Gasteiger partial charge in [0, 0.05) is 39.3 Å². The van der Waals surface area contributed by atoms with E-state index in [9.17, 15) is 4.79 Å². The lowest BCUT2D eigenvalue weighted by atomic mass is 10.1. The largest absolute Gasteiger partial charge is 0.355 e. The van der Waals surface area contributed by atoms with E-state index in [1.165, 1.54) is 13.0 Å². The van der Waals surface area contributed by atoms with Crippen LogP contribution in [0.15, 0.2) is 0 Å². The maximum absolute atomic E-state index is 11.8. The number of piperazine rings is 1. The second kappa shape index (κ2) is 7.07. The maximum Gasteiger partial charge on any atom is 0.234 e. The number of likely N-dealkylation sites (tertiary alicyclic amines) is 1. The van der Waals surface area contributed by atoms with Gasteiger partial charge < -0.3 is 15.5 Å². The lowest BCUT2D eigenvalue weighted by Crippen LogP contribution is -2.48. The molecule has 2 fully saturated rings. The van der Waals surface area contributed by atoms with E-state index < -0.39 is 0 Å². The minimum absolute atomic E-state index is 0.187. The first-order valence-electron chi connectivity index (χ1n) is 7.20. The van der Waals surface area contributed by atoms with Gasteiger partial charge in [-0.25, -0.2) is 0 Å². The maximum atomic E-state index is 11.8. The Bertz CT molecular complexity index is 266. The van der Waals surface area contributed by atoms with E-state index in [0.717, 1.165) is 45.8 Å². The highest BCUT2D eigenvalue weighted by molar-refractivity contribution is 5.78. The molecule has 5 nitrogen and oxygen atoms in total. The predicted molar refractivity (Wildman–Crippen MR) is 72.5 cm³/mol. The summed E-state index contributed by atoms with van der Waals surface area (Å²) in [7, 11) is 0. The van der Waals surface area contributed by atoms with Crippen LogP contribution in [0.2, 0.25) is 0 Å². The molecule has 104 valence electrons. The minimum Gasteiger partial charge on any atom is -0.355 e. The van der Waals surface area contributed by atoms with Crippen LogP contribution in [0.1, 0.15) is 13.3 Å². The van der Waals surface area contributed by atoms with Gasteiger partial charge in [-0.1, -0.05) is 6.92 Å². The van der Waals surface area contributed by atoms with Crippen molar-refractivity contribution in [3.63, 3.8) is 0 Å². The highest BCUT2D eigenvalue weighted by Crippen LogP contribution is 2.14.